The molecule has 7 nitrogen and oxygen atoms in total. The van der Waals surface area contributed by atoms with Gasteiger partial charge < -0.3 is 14.2 Å². The van der Waals surface area contributed by atoms with Crippen molar-refractivity contribution in [2.75, 3.05) is 13.2 Å². The second-order valence-corrected chi connectivity index (χ2v) is 12.6. The number of halogens is 2. The number of hydrogen-bond acceptors (Lipinski definition) is 7. The highest BCUT2D eigenvalue weighted by atomic mass is 79.9. The summed E-state index contributed by atoms with van der Waals surface area (Å²) in [5.41, 5.74) is 3.63. The Bertz CT molecular complexity index is 1950. The standard InChI is InChI=1S/C35H34BrFN2O5S/c1-6-42-28-17-22(16-26(36)32(28)44-19-25-10-8-9-11-27(25)37)18-29-33(40)39-31(24-14-12-23(13-15-24)20(3)4)30(34(41)43-7-2)21(5)38-35(39)45-29/h8-18,20,31H,6-7,19H2,1-5H3/b29-18+. The lowest BCUT2D eigenvalue weighted by molar-refractivity contribution is -0.139. The number of allylic oxidation sites excluding steroid dienone is 1. The third-order valence-electron chi connectivity index (χ3n) is 7.40. The number of benzene rings is 3. The average Bonchev–Trinajstić information content (AvgIpc) is 3.30. The highest BCUT2D eigenvalue weighted by molar-refractivity contribution is 9.10. The van der Waals surface area contributed by atoms with Crippen molar-refractivity contribution in [3.63, 3.8) is 0 Å². The molecule has 0 saturated heterocycles. The Labute approximate surface area is 273 Å². The van der Waals surface area contributed by atoms with Crippen molar-refractivity contribution in [1.82, 2.24) is 4.57 Å². The van der Waals surface area contributed by atoms with Gasteiger partial charge in [-0.3, -0.25) is 9.36 Å². The van der Waals surface area contributed by atoms with Gasteiger partial charge in [0.15, 0.2) is 16.3 Å². The van der Waals surface area contributed by atoms with Crippen molar-refractivity contribution in [3.8, 4) is 11.5 Å². The van der Waals surface area contributed by atoms with Crippen molar-refractivity contribution in [1.29, 1.82) is 0 Å². The molecule has 1 aliphatic heterocycles. The SMILES string of the molecule is CCOC(=O)C1=C(C)N=c2s/c(=C/c3cc(Br)c(OCc4ccccc4F)c(OCC)c3)c(=O)n2C1c1ccc(C(C)C)cc1. The van der Waals surface area contributed by atoms with Gasteiger partial charge in [0.25, 0.3) is 5.56 Å². The maximum atomic E-state index is 14.2. The fourth-order valence-electron chi connectivity index (χ4n) is 5.16. The minimum Gasteiger partial charge on any atom is -0.490 e. The van der Waals surface area contributed by atoms with E-state index in [9.17, 15) is 14.0 Å². The molecule has 0 N–H and O–H groups in total. The minimum atomic E-state index is -0.691. The first-order valence-electron chi connectivity index (χ1n) is 14.7. The zero-order chi connectivity index (χ0) is 32.2. The summed E-state index contributed by atoms with van der Waals surface area (Å²) in [5.74, 6) is 0.362. The van der Waals surface area contributed by atoms with Gasteiger partial charge in [-0.25, -0.2) is 14.2 Å². The molecular weight excluding hydrogens is 659 g/mol. The van der Waals surface area contributed by atoms with Crippen LogP contribution in [-0.4, -0.2) is 23.8 Å². The number of carbonyl (C=O) groups is 1. The van der Waals surface area contributed by atoms with Crippen molar-refractivity contribution in [3.05, 3.63) is 124 Å². The number of nitrogens with zero attached hydrogens (tertiary/aromatic N) is 2. The smallest absolute Gasteiger partial charge is 0.338 e. The Balaban J connectivity index is 1.59. The van der Waals surface area contributed by atoms with E-state index in [1.807, 2.05) is 37.3 Å². The summed E-state index contributed by atoms with van der Waals surface area (Å²) < 4.78 is 34.1. The highest BCUT2D eigenvalue weighted by Gasteiger charge is 2.33. The van der Waals surface area contributed by atoms with Crippen LogP contribution in [0.25, 0.3) is 6.08 Å². The lowest BCUT2D eigenvalue weighted by Gasteiger charge is -2.25. The van der Waals surface area contributed by atoms with E-state index in [4.69, 9.17) is 14.2 Å². The van der Waals surface area contributed by atoms with E-state index in [1.165, 1.54) is 17.4 Å². The first-order valence-corrected chi connectivity index (χ1v) is 16.4. The number of aromatic nitrogens is 1. The van der Waals surface area contributed by atoms with Crippen molar-refractivity contribution in [2.24, 2.45) is 4.99 Å². The number of ether oxygens (including phenoxy) is 3. The number of esters is 1. The van der Waals surface area contributed by atoms with Crippen LogP contribution < -0.4 is 24.4 Å². The number of thiazole rings is 1. The first-order chi connectivity index (χ1) is 21.6. The maximum Gasteiger partial charge on any atom is 0.338 e. The van der Waals surface area contributed by atoms with Gasteiger partial charge in [-0.15, -0.1) is 0 Å². The minimum absolute atomic E-state index is 0.0175. The van der Waals surface area contributed by atoms with Crippen molar-refractivity contribution < 1.29 is 23.4 Å². The van der Waals surface area contributed by atoms with Crippen LogP contribution in [0.3, 0.4) is 0 Å². The molecule has 1 atom stereocenters. The zero-order valence-electron chi connectivity index (χ0n) is 25.7. The normalized spacial score (nSPS) is 14.8. The Kier molecular flexibility index (Phi) is 10.0. The zero-order valence-corrected chi connectivity index (χ0v) is 28.1. The molecule has 0 radical (unpaired) electrons. The molecule has 234 valence electrons. The van der Waals surface area contributed by atoms with E-state index in [0.717, 1.165) is 11.1 Å². The monoisotopic (exact) mass is 692 g/mol. The molecule has 0 amide bonds. The molecule has 1 aromatic heterocycles. The summed E-state index contributed by atoms with van der Waals surface area (Å²) in [4.78, 5) is 32.4. The molecule has 5 rings (SSSR count). The molecule has 1 aliphatic rings. The van der Waals surface area contributed by atoms with Crippen LogP contribution in [0.2, 0.25) is 0 Å². The summed E-state index contributed by atoms with van der Waals surface area (Å²) in [6, 6.07) is 17.3. The van der Waals surface area contributed by atoms with E-state index in [-0.39, 0.29) is 24.6 Å². The predicted octanol–water partition coefficient (Wildman–Crippen LogP) is 6.80. The maximum absolute atomic E-state index is 14.2. The second-order valence-electron chi connectivity index (χ2n) is 10.8. The predicted molar refractivity (Wildman–Crippen MR) is 177 cm³/mol. The largest absolute Gasteiger partial charge is 0.490 e. The molecule has 3 aromatic carbocycles. The van der Waals surface area contributed by atoms with Crippen LogP contribution in [0.4, 0.5) is 4.39 Å². The molecule has 0 aliphatic carbocycles. The van der Waals surface area contributed by atoms with E-state index < -0.39 is 12.0 Å². The Hall–Kier alpha value is -4.02. The van der Waals surface area contributed by atoms with Crippen LogP contribution in [0.5, 0.6) is 11.5 Å². The molecular formula is C35H34BrFN2O5S. The van der Waals surface area contributed by atoms with Gasteiger partial charge in [0, 0.05) is 5.56 Å². The van der Waals surface area contributed by atoms with Crippen LogP contribution in [0.15, 0.2) is 86.2 Å². The van der Waals surface area contributed by atoms with E-state index in [2.05, 4.69) is 34.8 Å². The number of hydrogen-bond donors (Lipinski definition) is 0. The Morgan fingerprint density at radius 2 is 1.82 bits per heavy atom. The van der Waals surface area contributed by atoms with Gasteiger partial charge in [-0.2, -0.15) is 0 Å². The fourth-order valence-corrected chi connectivity index (χ4v) is 6.78. The van der Waals surface area contributed by atoms with Gasteiger partial charge in [-0.05, 0) is 83.6 Å². The first kappa shape index (κ1) is 32.4. The lowest BCUT2D eigenvalue weighted by Crippen LogP contribution is -2.39. The molecule has 45 heavy (non-hydrogen) atoms. The van der Waals surface area contributed by atoms with Gasteiger partial charge in [0.2, 0.25) is 0 Å². The van der Waals surface area contributed by atoms with Gasteiger partial charge in [0.1, 0.15) is 12.4 Å². The van der Waals surface area contributed by atoms with E-state index >= 15 is 0 Å². The highest BCUT2D eigenvalue weighted by Crippen LogP contribution is 2.38. The summed E-state index contributed by atoms with van der Waals surface area (Å²) in [6.07, 6.45) is 1.76. The van der Waals surface area contributed by atoms with Crippen LogP contribution in [0, 0.1) is 5.82 Å². The van der Waals surface area contributed by atoms with Crippen LogP contribution in [-0.2, 0) is 16.1 Å². The molecule has 0 spiro atoms. The molecule has 0 saturated carbocycles. The molecule has 0 fully saturated rings. The molecule has 10 heteroatoms. The Morgan fingerprint density at radius 3 is 2.49 bits per heavy atom. The second kappa shape index (κ2) is 14.0. The Morgan fingerprint density at radius 1 is 1.09 bits per heavy atom. The van der Waals surface area contributed by atoms with Crippen molar-refractivity contribution >= 4 is 39.3 Å². The van der Waals surface area contributed by atoms with Gasteiger partial charge in [0.05, 0.1) is 39.5 Å². The molecule has 2 heterocycles. The third-order valence-corrected chi connectivity index (χ3v) is 8.97. The molecule has 0 bridgehead atoms. The number of rotatable bonds is 10. The van der Waals surface area contributed by atoms with Gasteiger partial charge in [-0.1, -0.05) is 67.6 Å². The summed E-state index contributed by atoms with van der Waals surface area (Å²) in [7, 11) is 0. The summed E-state index contributed by atoms with van der Waals surface area (Å²) in [5, 5.41) is 0. The fraction of sp³-hybridized carbons (Fsp3) is 0.286. The number of carbonyl (C=O) groups excluding carboxylic acids is 1. The summed E-state index contributed by atoms with van der Waals surface area (Å²) >= 11 is 4.82. The molecule has 1 unspecified atom stereocenters. The lowest BCUT2D eigenvalue weighted by atomic mass is 9.93. The van der Waals surface area contributed by atoms with Crippen LogP contribution in [0.1, 0.15) is 68.8 Å². The number of fused-ring (bicyclic) bond motifs is 1. The average molecular weight is 694 g/mol. The molecule has 4 aromatic rings. The van der Waals surface area contributed by atoms with Gasteiger partial charge >= 0.3 is 5.97 Å². The summed E-state index contributed by atoms with van der Waals surface area (Å²) in [6.45, 7) is 10.2. The topological polar surface area (TPSA) is 79.1 Å². The van der Waals surface area contributed by atoms with Crippen molar-refractivity contribution in [2.45, 2.75) is 53.2 Å². The third kappa shape index (κ3) is 6.82. The van der Waals surface area contributed by atoms with E-state index in [1.54, 1.807) is 48.8 Å². The quantitative estimate of drug-likeness (QED) is 0.171. The van der Waals surface area contributed by atoms with Crippen LogP contribution >= 0.6 is 27.3 Å². The van der Waals surface area contributed by atoms with E-state index in [0.29, 0.717) is 60.2 Å².